The van der Waals surface area contributed by atoms with Crippen molar-refractivity contribution in [2.75, 3.05) is 11.9 Å². The van der Waals surface area contributed by atoms with Gasteiger partial charge in [-0.05, 0) is 51.3 Å². The zero-order valence-corrected chi connectivity index (χ0v) is 10.7. The largest absolute Gasteiger partial charge is 0.508 e. The molecule has 0 aromatic heterocycles. The van der Waals surface area contributed by atoms with Gasteiger partial charge in [-0.15, -0.1) is 0 Å². The van der Waals surface area contributed by atoms with Gasteiger partial charge in [-0.3, -0.25) is 0 Å². The normalized spacial score (nSPS) is 21.4. The number of hydrogen-bond donors (Lipinski definition) is 3. The molecule has 1 aromatic rings. The summed E-state index contributed by atoms with van der Waals surface area (Å²) >= 11 is 0. The number of rotatable bonds is 4. The third kappa shape index (κ3) is 3.37. The summed E-state index contributed by atoms with van der Waals surface area (Å²) in [6, 6.07) is 6.84. The van der Waals surface area contributed by atoms with Crippen LogP contribution in [-0.2, 0) is 0 Å². The van der Waals surface area contributed by atoms with Gasteiger partial charge in [0.25, 0.3) is 0 Å². The first-order chi connectivity index (χ1) is 8.15. The zero-order chi connectivity index (χ0) is 12.3. The minimum Gasteiger partial charge on any atom is -0.508 e. The Morgan fingerprint density at radius 1 is 1.53 bits per heavy atom. The number of phenolic OH excluding ortho intramolecular Hbond substituents is 1. The Labute approximate surface area is 103 Å². The highest BCUT2D eigenvalue weighted by Crippen LogP contribution is 2.22. The first-order valence-electron chi connectivity index (χ1n) is 6.44. The first-order valence-corrected chi connectivity index (χ1v) is 6.44. The highest BCUT2D eigenvalue weighted by atomic mass is 16.3. The number of phenols is 1. The Morgan fingerprint density at radius 3 is 3.00 bits per heavy atom. The van der Waals surface area contributed by atoms with Crippen molar-refractivity contribution < 1.29 is 5.11 Å². The summed E-state index contributed by atoms with van der Waals surface area (Å²) in [6.07, 6.45) is 3.71. The predicted octanol–water partition coefficient (Wildman–Crippen LogP) is 2.64. The van der Waals surface area contributed by atoms with Crippen molar-refractivity contribution in [1.29, 1.82) is 0 Å². The average Bonchev–Trinajstić information content (AvgIpc) is 2.76. The van der Waals surface area contributed by atoms with E-state index in [-0.39, 0.29) is 0 Å². The van der Waals surface area contributed by atoms with E-state index in [1.807, 2.05) is 19.1 Å². The second-order valence-electron chi connectivity index (χ2n) is 5.08. The molecule has 2 rings (SSSR count). The Kier molecular flexibility index (Phi) is 3.89. The van der Waals surface area contributed by atoms with Crippen LogP contribution < -0.4 is 10.6 Å². The second-order valence-corrected chi connectivity index (χ2v) is 5.08. The van der Waals surface area contributed by atoms with Crippen molar-refractivity contribution in [2.45, 2.75) is 45.2 Å². The summed E-state index contributed by atoms with van der Waals surface area (Å²) in [4.78, 5) is 0. The van der Waals surface area contributed by atoms with Crippen LogP contribution in [0.25, 0.3) is 0 Å². The lowest BCUT2D eigenvalue weighted by Crippen LogP contribution is -2.29. The van der Waals surface area contributed by atoms with E-state index in [9.17, 15) is 5.11 Å². The zero-order valence-electron chi connectivity index (χ0n) is 10.7. The summed E-state index contributed by atoms with van der Waals surface area (Å²) in [7, 11) is 0. The van der Waals surface area contributed by atoms with E-state index in [0.29, 0.717) is 17.8 Å². The lowest BCUT2D eigenvalue weighted by molar-refractivity contribution is 0.471. The predicted molar refractivity (Wildman–Crippen MR) is 71.6 cm³/mol. The molecule has 1 aliphatic heterocycles. The van der Waals surface area contributed by atoms with E-state index in [0.717, 1.165) is 24.2 Å². The van der Waals surface area contributed by atoms with Crippen molar-refractivity contribution >= 4 is 5.69 Å². The maximum atomic E-state index is 9.64. The van der Waals surface area contributed by atoms with Gasteiger partial charge in [-0.1, -0.05) is 6.07 Å². The smallest absolute Gasteiger partial charge is 0.120 e. The molecule has 0 aliphatic carbocycles. The van der Waals surface area contributed by atoms with Crippen LogP contribution in [0.3, 0.4) is 0 Å². The molecule has 17 heavy (non-hydrogen) atoms. The van der Waals surface area contributed by atoms with Gasteiger partial charge in [0.05, 0.1) is 0 Å². The van der Waals surface area contributed by atoms with Gasteiger partial charge in [0.15, 0.2) is 0 Å². The summed E-state index contributed by atoms with van der Waals surface area (Å²) in [5.74, 6) is 0.362. The molecular formula is C14H22N2O. The molecule has 0 saturated carbocycles. The number of benzene rings is 1. The molecule has 0 amide bonds. The molecule has 1 aromatic carbocycles. The third-order valence-electron chi connectivity index (χ3n) is 3.42. The van der Waals surface area contributed by atoms with Gasteiger partial charge >= 0.3 is 0 Å². The third-order valence-corrected chi connectivity index (χ3v) is 3.42. The van der Waals surface area contributed by atoms with Crippen molar-refractivity contribution in [2.24, 2.45) is 0 Å². The Balaban J connectivity index is 1.88. The van der Waals surface area contributed by atoms with E-state index in [1.165, 1.54) is 12.8 Å². The van der Waals surface area contributed by atoms with E-state index in [2.05, 4.69) is 17.6 Å². The van der Waals surface area contributed by atoms with Gasteiger partial charge in [-0.25, -0.2) is 0 Å². The van der Waals surface area contributed by atoms with Crippen LogP contribution in [0, 0.1) is 6.92 Å². The fraction of sp³-hybridized carbons (Fsp3) is 0.571. The molecule has 3 nitrogen and oxygen atoms in total. The number of anilines is 1. The van der Waals surface area contributed by atoms with Crippen LogP contribution in [0.5, 0.6) is 5.75 Å². The summed E-state index contributed by atoms with van der Waals surface area (Å²) in [5, 5.41) is 16.6. The molecule has 0 radical (unpaired) electrons. The highest BCUT2D eigenvalue weighted by molar-refractivity contribution is 5.51. The van der Waals surface area contributed by atoms with Crippen LogP contribution in [0.15, 0.2) is 18.2 Å². The monoisotopic (exact) mass is 234 g/mol. The minimum atomic E-state index is 0.362. The van der Waals surface area contributed by atoms with E-state index in [1.54, 1.807) is 6.07 Å². The molecule has 94 valence electrons. The molecule has 0 spiro atoms. The molecule has 2 unspecified atom stereocenters. The lowest BCUT2D eigenvalue weighted by atomic mass is 10.1. The Hall–Kier alpha value is -1.22. The van der Waals surface area contributed by atoms with Crippen molar-refractivity contribution in [3.63, 3.8) is 0 Å². The molecule has 1 heterocycles. The number of nitrogens with one attached hydrogen (secondary N) is 2. The van der Waals surface area contributed by atoms with Crippen molar-refractivity contribution in [1.82, 2.24) is 5.32 Å². The quantitative estimate of drug-likeness (QED) is 0.750. The summed E-state index contributed by atoms with van der Waals surface area (Å²) < 4.78 is 0. The highest BCUT2D eigenvalue weighted by Gasteiger charge is 2.16. The molecule has 1 aliphatic rings. The second kappa shape index (κ2) is 5.41. The molecule has 3 heteroatoms. The molecule has 1 saturated heterocycles. The lowest BCUT2D eigenvalue weighted by Gasteiger charge is -2.19. The standard InChI is InChI=1S/C14H22N2O/c1-10-5-6-13(9-14(10)17)16-11(2)8-12-4-3-7-15-12/h5-6,9,11-12,15-17H,3-4,7-8H2,1-2H3. The van der Waals surface area contributed by atoms with E-state index in [4.69, 9.17) is 0 Å². The fourth-order valence-corrected chi connectivity index (χ4v) is 2.43. The molecule has 2 atom stereocenters. The van der Waals surface area contributed by atoms with Crippen LogP contribution in [-0.4, -0.2) is 23.7 Å². The molecule has 0 bridgehead atoms. The van der Waals surface area contributed by atoms with Crippen LogP contribution in [0.4, 0.5) is 5.69 Å². The van der Waals surface area contributed by atoms with Gasteiger partial charge in [-0.2, -0.15) is 0 Å². The van der Waals surface area contributed by atoms with Crippen molar-refractivity contribution in [3.05, 3.63) is 23.8 Å². The van der Waals surface area contributed by atoms with E-state index < -0.39 is 0 Å². The van der Waals surface area contributed by atoms with Crippen LogP contribution in [0.2, 0.25) is 0 Å². The molecule has 3 N–H and O–H groups in total. The van der Waals surface area contributed by atoms with Crippen molar-refractivity contribution in [3.8, 4) is 5.75 Å². The van der Waals surface area contributed by atoms with Gasteiger partial charge in [0, 0.05) is 23.8 Å². The average molecular weight is 234 g/mol. The van der Waals surface area contributed by atoms with Gasteiger partial charge in [0.2, 0.25) is 0 Å². The summed E-state index contributed by atoms with van der Waals surface area (Å²) in [5.41, 5.74) is 1.92. The maximum absolute atomic E-state index is 9.64. The Bertz CT molecular complexity index is 372. The number of hydrogen-bond acceptors (Lipinski definition) is 3. The van der Waals surface area contributed by atoms with Crippen LogP contribution >= 0.6 is 0 Å². The minimum absolute atomic E-state index is 0.362. The van der Waals surface area contributed by atoms with Gasteiger partial charge < -0.3 is 15.7 Å². The molecular weight excluding hydrogens is 212 g/mol. The fourth-order valence-electron chi connectivity index (χ4n) is 2.43. The topological polar surface area (TPSA) is 44.3 Å². The summed E-state index contributed by atoms with van der Waals surface area (Å²) in [6.45, 7) is 5.25. The first kappa shape index (κ1) is 12.2. The maximum Gasteiger partial charge on any atom is 0.120 e. The SMILES string of the molecule is Cc1ccc(NC(C)CC2CCCN2)cc1O. The molecule has 1 fully saturated rings. The Morgan fingerprint density at radius 2 is 2.35 bits per heavy atom. The van der Waals surface area contributed by atoms with Crippen LogP contribution in [0.1, 0.15) is 31.7 Å². The number of aromatic hydroxyl groups is 1. The van der Waals surface area contributed by atoms with E-state index >= 15 is 0 Å². The van der Waals surface area contributed by atoms with Gasteiger partial charge in [0.1, 0.15) is 5.75 Å². The number of aryl methyl sites for hydroxylation is 1.